The lowest BCUT2D eigenvalue weighted by Gasteiger charge is -2.48. The number of piperidine rings is 1. The number of morpholine rings is 1. The Kier molecular flexibility index (Phi) is 5.94. The van der Waals surface area contributed by atoms with Crippen molar-refractivity contribution in [1.29, 1.82) is 0 Å². The predicted molar refractivity (Wildman–Crippen MR) is 108 cm³/mol. The molecule has 2 aliphatic heterocycles. The number of likely N-dealkylation sites (tertiary alicyclic amines) is 1. The lowest BCUT2D eigenvalue weighted by atomic mass is 9.88. The summed E-state index contributed by atoms with van der Waals surface area (Å²) in [6.07, 6.45) is -3.46. The molecule has 0 saturated carbocycles. The minimum atomic E-state index is -4.02. The van der Waals surface area contributed by atoms with E-state index in [-0.39, 0.29) is 62.7 Å². The number of hydrogen-bond donors (Lipinski definition) is 0. The predicted octanol–water partition coefficient (Wildman–Crippen LogP) is 3.91. The Morgan fingerprint density at radius 3 is 2.31 bits per heavy atom. The molecule has 0 aromatic heterocycles. The molecule has 5 nitrogen and oxygen atoms in total. The fourth-order valence-electron chi connectivity index (χ4n) is 4.22. The van der Waals surface area contributed by atoms with Gasteiger partial charge in [-0.1, -0.05) is 18.2 Å². The molecule has 32 heavy (non-hydrogen) atoms. The quantitative estimate of drug-likeness (QED) is 0.664. The van der Waals surface area contributed by atoms with Crippen LogP contribution in [0.5, 0.6) is 0 Å². The molecule has 2 aromatic rings. The normalized spacial score (nSPS) is 19.9. The van der Waals surface area contributed by atoms with Gasteiger partial charge < -0.3 is 14.5 Å². The van der Waals surface area contributed by atoms with Gasteiger partial charge in [-0.3, -0.25) is 9.59 Å². The number of carbonyl (C=O) groups is 2. The number of aryl methyl sites for hydroxylation is 1. The van der Waals surface area contributed by atoms with Crippen molar-refractivity contribution >= 4 is 17.5 Å². The summed E-state index contributed by atoms with van der Waals surface area (Å²) in [6.45, 7) is 0.236. The van der Waals surface area contributed by atoms with Crippen molar-refractivity contribution in [2.75, 3.05) is 24.5 Å². The zero-order chi connectivity index (χ0) is 22.9. The third-order valence-electron chi connectivity index (χ3n) is 6.02. The summed E-state index contributed by atoms with van der Waals surface area (Å²) in [5.74, 6) is -2.62. The van der Waals surface area contributed by atoms with E-state index in [1.807, 2.05) is 0 Å². The maximum Gasteiger partial charge on any atom is 0.437 e. The molecule has 2 aromatic carbocycles. The van der Waals surface area contributed by atoms with Crippen LogP contribution in [0, 0.1) is 11.6 Å². The number of carbonyl (C=O) groups excluding carboxylic acids is 2. The van der Waals surface area contributed by atoms with Gasteiger partial charge in [0.25, 0.3) is 0 Å². The maximum absolute atomic E-state index is 14.4. The summed E-state index contributed by atoms with van der Waals surface area (Å²) in [7, 11) is 0. The van der Waals surface area contributed by atoms with Crippen LogP contribution in [0.25, 0.3) is 0 Å². The van der Waals surface area contributed by atoms with Gasteiger partial charge in [-0.15, -0.1) is 0 Å². The summed E-state index contributed by atoms with van der Waals surface area (Å²) >= 11 is 0. The first-order valence-electron chi connectivity index (χ1n) is 10.4. The fourth-order valence-corrected chi connectivity index (χ4v) is 4.22. The average Bonchev–Trinajstić information content (AvgIpc) is 2.76. The highest BCUT2D eigenvalue weighted by molar-refractivity contribution is 5.98. The molecule has 4 rings (SSSR count). The van der Waals surface area contributed by atoms with Crippen molar-refractivity contribution < 1.29 is 31.9 Å². The molecule has 0 unspecified atom stereocenters. The number of ether oxygens (including phenoxy) is 1. The molecule has 2 saturated heterocycles. The monoisotopic (exact) mass is 450 g/mol. The summed E-state index contributed by atoms with van der Waals surface area (Å²) in [5.41, 5.74) is -0.728. The molecule has 2 amide bonds. The number of alkyl halides is 2. The first-order chi connectivity index (χ1) is 15.2. The third-order valence-corrected chi connectivity index (χ3v) is 6.02. The number of halogens is 4. The molecule has 1 spiro atoms. The van der Waals surface area contributed by atoms with Gasteiger partial charge in [-0.05, 0) is 55.2 Å². The number of benzene rings is 2. The van der Waals surface area contributed by atoms with Gasteiger partial charge in [0.15, 0.2) is 0 Å². The van der Waals surface area contributed by atoms with Gasteiger partial charge in [0, 0.05) is 25.2 Å². The smallest absolute Gasteiger partial charge is 0.342 e. The second kappa shape index (κ2) is 8.54. The van der Waals surface area contributed by atoms with Crippen molar-refractivity contribution in [2.24, 2.45) is 0 Å². The largest absolute Gasteiger partial charge is 0.437 e. The van der Waals surface area contributed by atoms with Crippen LogP contribution in [0.1, 0.15) is 24.8 Å². The SMILES string of the molecule is O=C(CCc1ccccc1F)N1CCC2(CC1)CN(c1ccc(F)cc1)C(=O)C(F)(F)O2. The molecule has 0 N–H and O–H groups in total. The van der Waals surface area contributed by atoms with E-state index in [2.05, 4.69) is 0 Å². The van der Waals surface area contributed by atoms with Crippen LogP contribution in [0.15, 0.2) is 48.5 Å². The summed E-state index contributed by atoms with van der Waals surface area (Å²) in [5, 5.41) is 0. The van der Waals surface area contributed by atoms with E-state index in [9.17, 15) is 27.2 Å². The summed E-state index contributed by atoms with van der Waals surface area (Å²) < 4.78 is 60.8. The van der Waals surface area contributed by atoms with E-state index in [1.54, 1.807) is 23.1 Å². The van der Waals surface area contributed by atoms with Gasteiger partial charge in [0.1, 0.15) is 11.6 Å². The molecule has 0 bridgehead atoms. The van der Waals surface area contributed by atoms with Crippen LogP contribution in [-0.4, -0.2) is 48.1 Å². The molecule has 0 atom stereocenters. The van der Waals surface area contributed by atoms with Crippen molar-refractivity contribution in [3.63, 3.8) is 0 Å². The van der Waals surface area contributed by atoms with Crippen molar-refractivity contribution in [3.8, 4) is 0 Å². The highest BCUT2D eigenvalue weighted by Crippen LogP contribution is 2.40. The number of hydrogen-bond acceptors (Lipinski definition) is 3. The van der Waals surface area contributed by atoms with E-state index in [1.165, 1.54) is 18.2 Å². The zero-order valence-corrected chi connectivity index (χ0v) is 17.2. The molecular weight excluding hydrogens is 428 g/mol. The first kappa shape index (κ1) is 22.3. The second-order valence-corrected chi connectivity index (χ2v) is 8.14. The molecular formula is C23H22F4N2O3. The van der Waals surface area contributed by atoms with Crippen LogP contribution in [-0.2, 0) is 20.7 Å². The Balaban J connectivity index is 1.42. The number of anilines is 1. The second-order valence-electron chi connectivity index (χ2n) is 8.14. The van der Waals surface area contributed by atoms with Crippen molar-refractivity contribution in [3.05, 3.63) is 65.7 Å². The minimum absolute atomic E-state index is 0.102. The maximum atomic E-state index is 14.4. The van der Waals surface area contributed by atoms with Crippen LogP contribution in [0.4, 0.5) is 23.2 Å². The number of amides is 2. The van der Waals surface area contributed by atoms with Gasteiger partial charge >= 0.3 is 12.0 Å². The molecule has 2 fully saturated rings. The number of rotatable bonds is 4. The molecule has 2 aliphatic rings. The number of nitrogens with zero attached hydrogens (tertiary/aromatic N) is 2. The first-order valence-corrected chi connectivity index (χ1v) is 10.4. The van der Waals surface area contributed by atoms with Crippen LogP contribution >= 0.6 is 0 Å². The van der Waals surface area contributed by atoms with E-state index < -0.39 is 23.4 Å². The van der Waals surface area contributed by atoms with Gasteiger partial charge in [0.2, 0.25) is 5.91 Å². The molecule has 2 heterocycles. The Bertz CT molecular complexity index is 1000. The van der Waals surface area contributed by atoms with Gasteiger partial charge in [-0.25, -0.2) is 8.78 Å². The van der Waals surface area contributed by atoms with E-state index in [4.69, 9.17) is 4.74 Å². The van der Waals surface area contributed by atoms with E-state index in [0.717, 1.165) is 17.0 Å². The Hall–Kier alpha value is -2.94. The Morgan fingerprint density at radius 2 is 1.66 bits per heavy atom. The molecule has 0 aliphatic carbocycles. The van der Waals surface area contributed by atoms with Crippen LogP contribution < -0.4 is 4.90 Å². The lowest BCUT2D eigenvalue weighted by molar-refractivity contribution is -0.292. The van der Waals surface area contributed by atoms with E-state index >= 15 is 0 Å². The van der Waals surface area contributed by atoms with Crippen molar-refractivity contribution in [1.82, 2.24) is 4.90 Å². The van der Waals surface area contributed by atoms with Crippen molar-refractivity contribution in [2.45, 2.75) is 37.4 Å². The molecule has 170 valence electrons. The molecule has 0 radical (unpaired) electrons. The Morgan fingerprint density at radius 1 is 1.00 bits per heavy atom. The molecule has 9 heteroatoms. The lowest BCUT2D eigenvalue weighted by Crippen LogP contribution is -2.65. The standard InChI is InChI=1S/C23H22F4N2O3/c24-17-6-8-18(9-7-17)29-15-22(32-23(26,27)21(29)31)11-13-28(14-12-22)20(30)10-5-16-3-1-2-4-19(16)25/h1-4,6-9H,5,10-15H2. The average molecular weight is 450 g/mol. The topological polar surface area (TPSA) is 49.9 Å². The highest BCUT2D eigenvalue weighted by Gasteiger charge is 2.57. The van der Waals surface area contributed by atoms with Crippen LogP contribution in [0.3, 0.4) is 0 Å². The summed E-state index contributed by atoms with van der Waals surface area (Å²) in [4.78, 5) is 27.3. The minimum Gasteiger partial charge on any atom is -0.342 e. The third kappa shape index (κ3) is 4.48. The zero-order valence-electron chi connectivity index (χ0n) is 17.2. The van der Waals surface area contributed by atoms with E-state index in [0.29, 0.717) is 5.56 Å². The summed E-state index contributed by atoms with van der Waals surface area (Å²) in [6, 6.07) is 11.0. The highest BCUT2D eigenvalue weighted by atomic mass is 19.3. The van der Waals surface area contributed by atoms with Gasteiger partial charge in [-0.2, -0.15) is 8.78 Å². The fraction of sp³-hybridized carbons (Fsp3) is 0.391. The Labute approximate surface area is 182 Å². The van der Waals surface area contributed by atoms with Crippen LogP contribution in [0.2, 0.25) is 0 Å². The van der Waals surface area contributed by atoms with Gasteiger partial charge in [0.05, 0.1) is 12.1 Å².